The first-order valence-corrected chi connectivity index (χ1v) is 6.47. The summed E-state index contributed by atoms with van der Waals surface area (Å²) in [7, 11) is 1.63. The molecule has 0 aromatic heterocycles. The van der Waals surface area contributed by atoms with Crippen molar-refractivity contribution in [1.29, 1.82) is 0 Å². The molecule has 0 saturated carbocycles. The first-order valence-electron chi connectivity index (χ1n) is 6.47. The van der Waals surface area contributed by atoms with Gasteiger partial charge in [0.05, 0.1) is 12.7 Å². The number of ether oxygens (including phenoxy) is 1. The second-order valence-electron chi connectivity index (χ2n) is 5.44. The molecule has 98 valence electrons. The smallest absolute Gasteiger partial charge is 0.258 e. The molecular formula is C15H21NO2. The Morgan fingerprint density at radius 2 is 1.89 bits per heavy atom. The molecule has 0 saturated heterocycles. The van der Waals surface area contributed by atoms with Crippen LogP contribution < -0.4 is 4.74 Å². The Kier molecular flexibility index (Phi) is 3.33. The molecule has 0 unspecified atom stereocenters. The van der Waals surface area contributed by atoms with E-state index in [9.17, 15) is 4.79 Å². The van der Waals surface area contributed by atoms with Crippen LogP contribution in [0.5, 0.6) is 5.75 Å². The number of hydrogen-bond acceptors (Lipinski definition) is 2. The van der Waals surface area contributed by atoms with Gasteiger partial charge in [0.2, 0.25) is 0 Å². The van der Waals surface area contributed by atoms with Crippen LogP contribution in [0.15, 0.2) is 12.1 Å². The zero-order valence-electron chi connectivity index (χ0n) is 11.8. The molecule has 1 amide bonds. The molecular weight excluding hydrogens is 226 g/mol. The van der Waals surface area contributed by atoms with Crippen LogP contribution in [0.25, 0.3) is 0 Å². The lowest BCUT2D eigenvalue weighted by Crippen LogP contribution is -2.30. The summed E-state index contributed by atoms with van der Waals surface area (Å²) >= 11 is 0. The van der Waals surface area contributed by atoms with E-state index in [0.717, 1.165) is 11.1 Å². The summed E-state index contributed by atoms with van der Waals surface area (Å²) in [6.07, 6.45) is 0. The van der Waals surface area contributed by atoms with Crippen molar-refractivity contribution in [3.8, 4) is 5.75 Å². The number of rotatable bonds is 3. The molecule has 0 spiro atoms. The minimum absolute atomic E-state index is 0.0900. The zero-order valence-corrected chi connectivity index (χ0v) is 11.8. The molecule has 0 atom stereocenters. The van der Waals surface area contributed by atoms with E-state index >= 15 is 0 Å². The van der Waals surface area contributed by atoms with Crippen molar-refractivity contribution >= 4 is 5.91 Å². The predicted octanol–water partition coefficient (Wildman–Crippen LogP) is 3.18. The second-order valence-corrected chi connectivity index (χ2v) is 5.44. The summed E-state index contributed by atoms with van der Waals surface area (Å²) in [5, 5.41) is 0. The Morgan fingerprint density at radius 1 is 1.22 bits per heavy atom. The van der Waals surface area contributed by atoms with E-state index in [1.165, 1.54) is 5.56 Å². The van der Waals surface area contributed by atoms with Gasteiger partial charge in [0, 0.05) is 12.6 Å². The van der Waals surface area contributed by atoms with E-state index in [1.54, 1.807) is 7.11 Å². The number of carbonyl (C=O) groups excluding carboxylic acids is 1. The van der Waals surface area contributed by atoms with E-state index in [1.807, 2.05) is 24.8 Å². The fraction of sp³-hybridized carbons (Fsp3) is 0.533. The van der Waals surface area contributed by atoms with E-state index in [2.05, 4.69) is 19.9 Å². The van der Waals surface area contributed by atoms with Crippen molar-refractivity contribution in [1.82, 2.24) is 4.90 Å². The van der Waals surface area contributed by atoms with Gasteiger partial charge in [-0.3, -0.25) is 4.79 Å². The number of methoxy groups -OCH3 is 1. The molecule has 1 aliphatic rings. The van der Waals surface area contributed by atoms with Crippen molar-refractivity contribution in [2.45, 2.75) is 46.2 Å². The highest BCUT2D eigenvalue weighted by Gasteiger charge is 2.32. The zero-order chi connectivity index (χ0) is 13.4. The van der Waals surface area contributed by atoms with Gasteiger partial charge in [-0.25, -0.2) is 0 Å². The van der Waals surface area contributed by atoms with Crippen molar-refractivity contribution in [3.05, 3.63) is 28.8 Å². The van der Waals surface area contributed by atoms with Crippen molar-refractivity contribution in [2.75, 3.05) is 7.11 Å². The van der Waals surface area contributed by atoms with Gasteiger partial charge in [-0.05, 0) is 37.0 Å². The molecule has 2 rings (SSSR count). The minimum atomic E-state index is 0.0900. The summed E-state index contributed by atoms with van der Waals surface area (Å²) in [6, 6.07) is 4.35. The molecule has 0 aliphatic carbocycles. The quantitative estimate of drug-likeness (QED) is 0.821. The van der Waals surface area contributed by atoms with Gasteiger partial charge in [0.1, 0.15) is 5.75 Å². The molecule has 3 heteroatoms. The average molecular weight is 247 g/mol. The van der Waals surface area contributed by atoms with Gasteiger partial charge in [-0.1, -0.05) is 19.9 Å². The van der Waals surface area contributed by atoms with Crippen LogP contribution in [0.4, 0.5) is 0 Å². The normalized spacial score (nSPS) is 14.6. The lowest BCUT2D eigenvalue weighted by molar-refractivity contribution is 0.0728. The number of amides is 1. The maximum atomic E-state index is 12.3. The SMILES string of the molecule is COc1cc(C(C)C)cc2c1C(=O)N(C(C)C)C2. The van der Waals surface area contributed by atoms with Crippen LogP contribution >= 0.6 is 0 Å². The summed E-state index contributed by atoms with van der Waals surface area (Å²) in [5.41, 5.74) is 3.07. The highest BCUT2D eigenvalue weighted by atomic mass is 16.5. The third kappa shape index (κ3) is 1.98. The minimum Gasteiger partial charge on any atom is -0.496 e. The standard InChI is InChI=1S/C15H21NO2/c1-9(2)11-6-12-8-16(10(3)4)15(17)14(12)13(7-11)18-5/h6-7,9-10H,8H2,1-5H3. The third-order valence-corrected chi connectivity index (χ3v) is 3.53. The first-order chi connectivity index (χ1) is 8.45. The average Bonchev–Trinajstić information content (AvgIpc) is 2.66. The summed E-state index contributed by atoms with van der Waals surface area (Å²) in [6.45, 7) is 9.08. The highest BCUT2D eigenvalue weighted by molar-refractivity contribution is 6.01. The lowest BCUT2D eigenvalue weighted by atomic mass is 9.97. The van der Waals surface area contributed by atoms with Crippen molar-refractivity contribution in [3.63, 3.8) is 0 Å². The van der Waals surface area contributed by atoms with Gasteiger partial charge >= 0.3 is 0 Å². The fourth-order valence-electron chi connectivity index (χ4n) is 2.37. The Bertz CT molecular complexity index is 478. The third-order valence-electron chi connectivity index (χ3n) is 3.53. The number of carbonyl (C=O) groups is 1. The summed E-state index contributed by atoms with van der Waals surface area (Å²) in [4.78, 5) is 14.2. The highest BCUT2D eigenvalue weighted by Crippen LogP contribution is 2.35. The van der Waals surface area contributed by atoms with Crippen LogP contribution in [-0.4, -0.2) is 24.0 Å². The summed E-state index contributed by atoms with van der Waals surface area (Å²) in [5.74, 6) is 1.24. The lowest BCUT2D eigenvalue weighted by Gasteiger charge is -2.19. The van der Waals surface area contributed by atoms with Gasteiger partial charge in [-0.15, -0.1) is 0 Å². The van der Waals surface area contributed by atoms with Crippen LogP contribution in [0.2, 0.25) is 0 Å². The Balaban J connectivity index is 2.51. The van der Waals surface area contributed by atoms with Crippen LogP contribution in [0.1, 0.15) is 55.1 Å². The maximum Gasteiger partial charge on any atom is 0.258 e. The Labute approximate surface area is 109 Å². The molecule has 1 aliphatic heterocycles. The van der Waals surface area contributed by atoms with Gasteiger partial charge in [-0.2, -0.15) is 0 Å². The molecule has 0 radical (unpaired) electrons. The van der Waals surface area contributed by atoms with Crippen molar-refractivity contribution in [2.24, 2.45) is 0 Å². The topological polar surface area (TPSA) is 29.5 Å². The second kappa shape index (κ2) is 4.63. The maximum absolute atomic E-state index is 12.3. The number of hydrogen-bond donors (Lipinski definition) is 0. The molecule has 3 nitrogen and oxygen atoms in total. The molecule has 18 heavy (non-hydrogen) atoms. The number of fused-ring (bicyclic) bond motifs is 1. The van der Waals surface area contributed by atoms with Gasteiger partial charge in [0.25, 0.3) is 5.91 Å². The number of nitrogens with zero attached hydrogens (tertiary/aromatic N) is 1. The molecule has 1 heterocycles. The van der Waals surface area contributed by atoms with E-state index < -0.39 is 0 Å². The Hall–Kier alpha value is -1.51. The molecule has 0 N–H and O–H groups in total. The Morgan fingerprint density at radius 3 is 2.39 bits per heavy atom. The van der Waals surface area contributed by atoms with E-state index in [-0.39, 0.29) is 11.9 Å². The van der Waals surface area contributed by atoms with Crippen molar-refractivity contribution < 1.29 is 9.53 Å². The summed E-state index contributed by atoms with van der Waals surface area (Å²) < 4.78 is 5.40. The fourth-order valence-corrected chi connectivity index (χ4v) is 2.37. The largest absolute Gasteiger partial charge is 0.496 e. The van der Waals surface area contributed by atoms with E-state index in [0.29, 0.717) is 18.2 Å². The van der Waals surface area contributed by atoms with Gasteiger partial charge < -0.3 is 9.64 Å². The van der Waals surface area contributed by atoms with E-state index in [4.69, 9.17) is 4.74 Å². The van der Waals surface area contributed by atoms with Gasteiger partial charge in [0.15, 0.2) is 0 Å². The first kappa shape index (κ1) is 12.9. The van der Waals surface area contributed by atoms with Crippen LogP contribution in [0.3, 0.4) is 0 Å². The van der Waals surface area contributed by atoms with Crippen LogP contribution in [-0.2, 0) is 6.54 Å². The predicted molar refractivity (Wildman–Crippen MR) is 72.1 cm³/mol. The molecule has 0 bridgehead atoms. The molecule has 1 aromatic rings. The molecule has 0 fully saturated rings. The molecule has 1 aromatic carbocycles. The van der Waals surface area contributed by atoms with Crippen LogP contribution in [0, 0.1) is 0 Å². The monoisotopic (exact) mass is 247 g/mol. The number of benzene rings is 1.